The number of pyridine rings is 1. The first-order chi connectivity index (χ1) is 8.15. The van der Waals surface area contributed by atoms with Gasteiger partial charge in [-0.15, -0.1) is 0 Å². The molecule has 0 aliphatic carbocycles. The SMILES string of the molecule is CN(C)c1c(/C(N)=N/O)cnc2ccccc12. The highest BCUT2D eigenvalue weighted by molar-refractivity contribution is 6.08. The van der Waals surface area contributed by atoms with Crippen LogP contribution in [0.25, 0.3) is 10.9 Å². The van der Waals surface area contributed by atoms with Crippen LogP contribution in [0.1, 0.15) is 5.56 Å². The zero-order chi connectivity index (χ0) is 12.4. The molecule has 1 heterocycles. The summed E-state index contributed by atoms with van der Waals surface area (Å²) < 4.78 is 0. The van der Waals surface area contributed by atoms with Gasteiger partial charge >= 0.3 is 0 Å². The van der Waals surface area contributed by atoms with Crippen molar-refractivity contribution in [2.45, 2.75) is 0 Å². The first-order valence-corrected chi connectivity index (χ1v) is 5.18. The Balaban J connectivity index is 2.82. The molecule has 5 nitrogen and oxygen atoms in total. The van der Waals surface area contributed by atoms with Gasteiger partial charge in [-0.05, 0) is 6.07 Å². The van der Waals surface area contributed by atoms with Crippen LogP contribution in [0.15, 0.2) is 35.6 Å². The van der Waals surface area contributed by atoms with Crippen molar-refractivity contribution in [3.8, 4) is 0 Å². The number of nitrogens with two attached hydrogens (primary N) is 1. The Morgan fingerprint density at radius 3 is 2.71 bits per heavy atom. The van der Waals surface area contributed by atoms with Gasteiger partial charge in [0, 0.05) is 25.7 Å². The lowest BCUT2D eigenvalue weighted by molar-refractivity contribution is 0.318. The van der Waals surface area contributed by atoms with Crippen molar-refractivity contribution in [2.24, 2.45) is 10.9 Å². The molecule has 1 aromatic heterocycles. The highest BCUT2D eigenvalue weighted by Crippen LogP contribution is 2.27. The minimum atomic E-state index is 0.0620. The summed E-state index contributed by atoms with van der Waals surface area (Å²) in [6.45, 7) is 0. The second-order valence-electron chi connectivity index (χ2n) is 3.92. The molecule has 0 spiro atoms. The van der Waals surface area contributed by atoms with Crippen molar-refractivity contribution in [3.63, 3.8) is 0 Å². The Morgan fingerprint density at radius 1 is 1.35 bits per heavy atom. The Bertz CT molecular complexity index is 578. The summed E-state index contributed by atoms with van der Waals surface area (Å²) in [7, 11) is 3.83. The van der Waals surface area contributed by atoms with Crippen LogP contribution >= 0.6 is 0 Å². The summed E-state index contributed by atoms with van der Waals surface area (Å²) in [6, 6.07) is 7.76. The van der Waals surface area contributed by atoms with Gasteiger partial charge in [-0.25, -0.2) is 0 Å². The van der Waals surface area contributed by atoms with Gasteiger partial charge in [0.15, 0.2) is 5.84 Å². The second-order valence-corrected chi connectivity index (χ2v) is 3.92. The van der Waals surface area contributed by atoms with E-state index in [1.54, 1.807) is 6.20 Å². The molecule has 3 N–H and O–H groups in total. The van der Waals surface area contributed by atoms with Crippen LogP contribution in [0.5, 0.6) is 0 Å². The quantitative estimate of drug-likeness (QED) is 0.354. The molecule has 0 saturated carbocycles. The highest BCUT2D eigenvalue weighted by Gasteiger charge is 2.13. The van der Waals surface area contributed by atoms with Crippen molar-refractivity contribution in [2.75, 3.05) is 19.0 Å². The third-order valence-corrected chi connectivity index (χ3v) is 2.58. The fourth-order valence-electron chi connectivity index (χ4n) is 1.85. The average Bonchev–Trinajstić information content (AvgIpc) is 2.36. The third-order valence-electron chi connectivity index (χ3n) is 2.58. The normalized spacial score (nSPS) is 11.8. The van der Waals surface area contributed by atoms with Gasteiger partial charge in [0.05, 0.1) is 16.8 Å². The minimum absolute atomic E-state index is 0.0620. The van der Waals surface area contributed by atoms with Crippen LogP contribution < -0.4 is 10.6 Å². The minimum Gasteiger partial charge on any atom is -0.409 e. The first kappa shape index (κ1) is 11.2. The van der Waals surface area contributed by atoms with Crippen LogP contribution in [0.2, 0.25) is 0 Å². The summed E-state index contributed by atoms with van der Waals surface area (Å²) in [5, 5.41) is 12.8. The second kappa shape index (κ2) is 4.29. The first-order valence-electron chi connectivity index (χ1n) is 5.18. The van der Waals surface area contributed by atoms with E-state index in [9.17, 15) is 0 Å². The summed E-state index contributed by atoms with van der Waals surface area (Å²) in [5.74, 6) is 0.0620. The molecule has 5 heteroatoms. The number of para-hydroxylation sites is 1. The monoisotopic (exact) mass is 230 g/mol. The number of anilines is 1. The maximum absolute atomic E-state index is 8.78. The van der Waals surface area contributed by atoms with E-state index in [4.69, 9.17) is 10.9 Å². The Labute approximate surface area is 99.2 Å². The van der Waals surface area contributed by atoms with E-state index in [2.05, 4.69) is 10.1 Å². The lowest BCUT2D eigenvalue weighted by Crippen LogP contribution is -2.20. The number of fused-ring (bicyclic) bond motifs is 1. The number of hydrogen-bond acceptors (Lipinski definition) is 4. The van der Waals surface area contributed by atoms with Gasteiger partial charge in [-0.1, -0.05) is 23.4 Å². The van der Waals surface area contributed by atoms with Crippen molar-refractivity contribution in [1.29, 1.82) is 0 Å². The van der Waals surface area contributed by atoms with Crippen LogP contribution in [-0.2, 0) is 0 Å². The van der Waals surface area contributed by atoms with E-state index >= 15 is 0 Å². The Hall–Kier alpha value is -2.30. The molecule has 0 radical (unpaired) electrons. The number of nitrogens with zero attached hydrogens (tertiary/aromatic N) is 3. The van der Waals surface area contributed by atoms with E-state index in [1.807, 2.05) is 43.3 Å². The molecule has 2 rings (SSSR count). The fourth-order valence-corrected chi connectivity index (χ4v) is 1.85. The van der Waals surface area contributed by atoms with Gasteiger partial charge < -0.3 is 15.8 Å². The summed E-state index contributed by atoms with van der Waals surface area (Å²) >= 11 is 0. The number of oxime groups is 1. The van der Waals surface area contributed by atoms with Crippen LogP contribution in [-0.4, -0.2) is 30.1 Å². The van der Waals surface area contributed by atoms with E-state index < -0.39 is 0 Å². The van der Waals surface area contributed by atoms with Crippen molar-refractivity contribution in [1.82, 2.24) is 4.98 Å². The lowest BCUT2D eigenvalue weighted by atomic mass is 10.1. The lowest BCUT2D eigenvalue weighted by Gasteiger charge is -2.18. The number of hydrogen-bond donors (Lipinski definition) is 2. The average molecular weight is 230 g/mol. The largest absolute Gasteiger partial charge is 0.409 e. The molecular weight excluding hydrogens is 216 g/mol. The molecule has 88 valence electrons. The van der Waals surface area contributed by atoms with Gasteiger partial charge in [0.1, 0.15) is 0 Å². The standard InChI is InChI=1S/C12H14N4O/c1-16(2)11-8-5-3-4-6-10(8)14-7-9(11)12(13)15-17/h3-7,17H,1-2H3,(H2,13,15). The zero-order valence-electron chi connectivity index (χ0n) is 9.75. The maximum Gasteiger partial charge on any atom is 0.173 e. The van der Waals surface area contributed by atoms with Gasteiger partial charge in [-0.2, -0.15) is 0 Å². The van der Waals surface area contributed by atoms with E-state index in [1.165, 1.54) is 0 Å². The molecule has 0 fully saturated rings. The van der Waals surface area contributed by atoms with Gasteiger partial charge in [0.2, 0.25) is 0 Å². The molecule has 0 aliphatic rings. The summed E-state index contributed by atoms with van der Waals surface area (Å²) in [6.07, 6.45) is 1.62. The van der Waals surface area contributed by atoms with Crippen LogP contribution in [0, 0.1) is 0 Å². The van der Waals surface area contributed by atoms with E-state index in [0.717, 1.165) is 16.6 Å². The predicted molar refractivity (Wildman–Crippen MR) is 68.6 cm³/mol. The summed E-state index contributed by atoms with van der Waals surface area (Å²) in [4.78, 5) is 6.22. The molecule has 0 bridgehead atoms. The molecule has 0 aliphatic heterocycles. The molecule has 0 amide bonds. The third kappa shape index (κ3) is 1.87. The zero-order valence-corrected chi connectivity index (χ0v) is 9.75. The Morgan fingerprint density at radius 2 is 2.06 bits per heavy atom. The molecule has 0 atom stereocenters. The smallest absolute Gasteiger partial charge is 0.173 e. The number of amidine groups is 1. The number of aromatic nitrogens is 1. The molecule has 0 unspecified atom stereocenters. The highest BCUT2D eigenvalue weighted by atomic mass is 16.4. The topological polar surface area (TPSA) is 74.7 Å². The summed E-state index contributed by atoms with van der Waals surface area (Å²) in [5.41, 5.74) is 8.05. The van der Waals surface area contributed by atoms with Crippen molar-refractivity contribution in [3.05, 3.63) is 36.0 Å². The van der Waals surface area contributed by atoms with Gasteiger partial charge in [-0.3, -0.25) is 4.98 Å². The molecule has 2 aromatic rings. The van der Waals surface area contributed by atoms with Crippen molar-refractivity contribution < 1.29 is 5.21 Å². The fraction of sp³-hybridized carbons (Fsp3) is 0.167. The molecule has 1 aromatic carbocycles. The number of rotatable bonds is 2. The maximum atomic E-state index is 8.78. The van der Waals surface area contributed by atoms with Crippen molar-refractivity contribution >= 4 is 22.4 Å². The van der Waals surface area contributed by atoms with E-state index in [-0.39, 0.29) is 5.84 Å². The predicted octanol–water partition coefficient (Wildman–Crippen LogP) is 1.40. The molecule has 17 heavy (non-hydrogen) atoms. The molecular formula is C12H14N4O. The Kier molecular flexibility index (Phi) is 2.82. The van der Waals surface area contributed by atoms with Gasteiger partial charge in [0.25, 0.3) is 0 Å². The van der Waals surface area contributed by atoms with Crippen LogP contribution in [0.3, 0.4) is 0 Å². The number of benzene rings is 1. The molecule has 0 saturated heterocycles. The van der Waals surface area contributed by atoms with Crippen LogP contribution in [0.4, 0.5) is 5.69 Å². The van der Waals surface area contributed by atoms with E-state index in [0.29, 0.717) is 5.56 Å².